The van der Waals surface area contributed by atoms with Crippen molar-refractivity contribution in [2.24, 2.45) is 0 Å². The van der Waals surface area contributed by atoms with Crippen LogP contribution in [0.2, 0.25) is 10.0 Å². The standard InChI is InChI=1S/C19H23BrCl2N2O2S/c20-16-10-8-15(9-11-16)14-23-12-3-1-2-4-13-24-27(25,26)19-17(21)6-5-7-18(19)22/h5-11,23-24H,1-4,12-14H2. The molecule has 2 rings (SSSR count). The molecule has 0 saturated carbocycles. The number of nitrogens with one attached hydrogen (secondary N) is 2. The Morgan fingerprint density at radius 1 is 0.852 bits per heavy atom. The van der Waals surface area contributed by atoms with Gasteiger partial charge in [-0.3, -0.25) is 0 Å². The summed E-state index contributed by atoms with van der Waals surface area (Å²) >= 11 is 15.4. The largest absolute Gasteiger partial charge is 0.313 e. The van der Waals surface area contributed by atoms with Gasteiger partial charge in [-0.05, 0) is 49.2 Å². The smallest absolute Gasteiger partial charge is 0.243 e. The molecule has 0 aliphatic heterocycles. The summed E-state index contributed by atoms with van der Waals surface area (Å²) < 4.78 is 28.3. The van der Waals surface area contributed by atoms with E-state index in [-0.39, 0.29) is 14.9 Å². The van der Waals surface area contributed by atoms with Gasteiger partial charge in [-0.25, -0.2) is 13.1 Å². The van der Waals surface area contributed by atoms with Crippen LogP contribution in [0.1, 0.15) is 31.2 Å². The van der Waals surface area contributed by atoms with E-state index in [1.165, 1.54) is 17.7 Å². The van der Waals surface area contributed by atoms with Crippen molar-refractivity contribution in [2.75, 3.05) is 13.1 Å². The van der Waals surface area contributed by atoms with Crippen LogP contribution >= 0.6 is 39.1 Å². The third-order valence-electron chi connectivity index (χ3n) is 4.00. The first kappa shape index (κ1) is 22.7. The molecular weight excluding hydrogens is 471 g/mol. The Hall–Kier alpha value is -0.630. The Morgan fingerprint density at radius 2 is 1.44 bits per heavy atom. The fraction of sp³-hybridized carbons (Fsp3) is 0.368. The summed E-state index contributed by atoms with van der Waals surface area (Å²) in [5.41, 5.74) is 1.26. The highest BCUT2D eigenvalue weighted by Crippen LogP contribution is 2.28. The predicted molar refractivity (Wildman–Crippen MR) is 116 cm³/mol. The molecule has 2 aromatic carbocycles. The molecule has 0 aliphatic rings. The second-order valence-electron chi connectivity index (χ2n) is 6.17. The van der Waals surface area contributed by atoms with Crippen LogP contribution in [0.3, 0.4) is 0 Å². The van der Waals surface area contributed by atoms with E-state index < -0.39 is 10.0 Å². The fourth-order valence-electron chi connectivity index (χ4n) is 2.58. The summed E-state index contributed by atoms with van der Waals surface area (Å²) in [4.78, 5) is -0.0505. The number of unbranched alkanes of at least 4 members (excludes halogenated alkanes) is 3. The highest BCUT2D eigenvalue weighted by molar-refractivity contribution is 9.10. The van der Waals surface area contributed by atoms with Gasteiger partial charge in [-0.1, -0.05) is 70.2 Å². The summed E-state index contributed by atoms with van der Waals surface area (Å²) in [5, 5.41) is 3.68. The molecule has 4 nitrogen and oxygen atoms in total. The lowest BCUT2D eigenvalue weighted by molar-refractivity contribution is 0.564. The fourth-order valence-corrected chi connectivity index (χ4v) is 5.06. The molecule has 148 valence electrons. The van der Waals surface area contributed by atoms with E-state index >= 15 is 0 Å². The quantitative estimate of drug-likeness (QED) is 0.413. The third-order valence-corrected chi connectivity index (χ3v) is 6.95. The highest BCUT2D eigenvalue weighted by atomic mass is 79.9. The van der Waals surface area contributed by atoms with E-state index in [0.717, 1.165) is 43.2 Å². The van der Waals surface area contributed by atoms with Gasteiger partial charge >= 0.3 is 0 Å². The van der Waals surface area contributed by atoms with E-state index in [1.54, 1.807) is 6.07 Å². The van der Waals surface area contributed by atoms with E-state index in [9.17, 15) is 8.42 Å². The molecule has 2 N–H and O–H groups in total. The van der Waals surface area contributed by atoms with Gasteiger partial charge in [0.05, 0.1) is 10.0 Å². The van der Waals surface area contributed by atoms with Crippen molar-refractivity contribution in [3.05, 3.63) is 62.5 Å². The van der Waals surface area contributed by atoms with Crippen LogP contribution in [0, 0.1) is 0 Å². The summed E-state index contributed by atoms with van der Waals surface area (Å²) in [7, 11) is -3.69. The maximum absolute atomic E-state index is 12.3. The maximum Gasteiger partial charge on any atom is 0.243 e. The van der Waals surface area contributed by atoms with Crippen molar-refractivity contribution in [3.63, 3.8) is 0 Å². The van der Waals surface area contributed by atoms with Crippen LogP contribution in [0.5, 0.6) is 0 Å². The summed E-state index contributed by atoms with van der Waals surface area (Å²) in [6, 6.07) is 12.9. The minimum Gasteiger partial charge on any atom is -0.313 e. The highest BCUT2D eigenvalue weighted by Gasteiger charge is 2.20. The molecule has 0 radical (unpaired) electrons. The Bertz CT molecular complexity index is 810. The van der Waals surface area contributed by atoms with Crippen LogP contribution in [-0.2, 0) is 16.6 Å². The summed E-state index contributed by atoms with van der Waals surface area (Å²) in [6.45, 7) is 2.17. The lowest BCUT2D eigenvalue weighted by Gasteiger charge is -2.10. The maximum atomic E-state index is 12.3. The number of benzene rings is 2. The van der Waals surface area contributed by atoms with Crippen molar-refractivity contribution >= 4 is 49.2 Å². The van der Waals surface area contributed by atoms with Gasteiger partial charge in [0, 0.05) is 17.6 Å². The van der Waals surface area contributed by atoms with Crippen LogP contribution in [-0.4, -0.2) is 21.5 Å². The Balaban J connectivity index is 1.58. The molecule has 0 aromatic heterocycles. The van der Waals surface area contributed by atoms with E-state index in [0.29, 0.717) is 6.54 Å². The number of hydrogen-bond acceptors (Lipinski definition) is 3. The SMILES string of the molecule is O=S(=O)(NCCCCCCNCc1ccc(Br)cc1)c1c(Cl)cccc1Cl. The van der Waals surface area contributed by atoms with Crippen molar-refractivity contribution in [3.8, 4) is 0 Å². The normalized spacial score (nSPS) is 11.7. The number of sulfonamides is 1. The molecule has 0 unspecified atom stereocenters. The van der Waals surface area contributed by atoms with Crippen molar-refractivity contribution in [2.45, 2.75) is 37.1 Å². The minimum absolute atomic E-state index is 0.0505. The molecule has 2 aromatic rings. The summed E-state index contributed by atoms with van der Waals surface area (Å²) in [5.74, 6) is 0. The number of hydrogen-bond donors (Lipinski definition) is 2. The van der Waals surface area contributed by atoms with Gasteiger partial charge in [0.25, 0.3) is 0 Å². The molecule has 0 spiro atoms. The third kappa shape index (κ3) is 7.72. The Labute approximate surface area is 179 Å². The Morgan fingerprint density at radius 3 is 2.07 bits per heavy atom. The Kier molecular flexibility index (Phi) is 9.56. The minimum atomic E-state index is -3.69. The van der Waals surface area contributed by atoms with Gasteiger partial charge in [0.15, 0.2) is 0 Å². The predicted octanol–water partition coefficient (Wildman–Crippen LogP) is 5.38. The van der Waals surface area contributed by atoms with Gasteiger partial charge in [0.1, 0.15) is 4.90 Å². The molecule has 0 atom stereocenters. The topological polar surface area (TPSA) is 58.2 Å². The molecular formula is C19H23BrCl2N2O2S. The van der Waals surface area contributed by atoms with Gasteiger partial charge in [-0.2, -0.15) is 0 Å². The van der Waals surface area contributed by atoms with Crippen LogP contribution in [0.15, 0.2) is 51.8 Å². The zero-order valence-electron chi connectivity index (χ0n) is 14.8. The summed E-state index contributed by atoms with van der Waals surface area (Å²) in [6.07, 6.45) is 3.83. The van der Waals surface area contributed by atoms with Gasteiger partial charge in [0.2, 0.25) is 10.0 Å². The molecule has 0 bridgehead atoms. The monoisotopic (exact) mass is 492 g/mol. The number of rotatable bonds is 11. The lowest BCUT2D eigenvalue weighted by atomic mass is 10.2. The van der Waals surface area contributed by atoms with E-state index in [2.05, 4.69) is 38.1 Å². The molecule has 0 heterocycles. The van der Waals surface area contributed by atoms with Crippen LogP contribution in [0.4, 0.5) is 0 Å². The van der Waals surface area contributed by atoms with Gasteiger partial charge in [-0.15, -0.1) is 0 Å². The van der Waals surface area contributed by atoms with Crippen molar-refractivity contribution < 1.29 is 8.42 Å². The molecule has 0 aliphatic carbocycles. The number of halogens is 3. The van der Waals surface area contributed by atoms with E-state index in [4.69, 9.17) is 23.2 Å². The molecule has 0 saturated heterocycles. The van der Waals surface area contributed by atoms with Crippen LogP contribution in [0.25, 0.3) is 0 Å². The second-order valence-corrected chi connectivity index (χ2v) is 9.60. The average molecular weight is 494 g/mol. The molecule has 0 amide bonds. The zero-order valence-corrected chi connectivity index (χ0v) is 18.8. The first-order valence-corrected chi connectivity index (χ1v) is 11.8. The van der Waals surface area contributed by atoms with Crippen molar-refractivity contribution in [1.29, 1.82) is 0 Å². The van der Waals surface area contributed by atoms with Crippen molar-refractivity contribution in [1.82, 2.24) is 10.0 Å². The molecule has 0 fully saturated rings. The van der Waals surface area contributed by atoms with Gasteiger partial charge < -0.3 is 5.32 Å². The lowest BCUT2D eigenvalue weighted by Crippen LogP contribution is -2.25. The first-order chi connectivity index (χ1) is 12.9. The molecule has 27 heavy (non-hydrogen) atoms. The second kappa shape index (κ2) is 11.4. The van der Waals surface area contributed by atoms with Crippen LogP contribution < -0.4 is 10.0 Å². The average Bonchev–Trinajstić information content (AvgIpc) is 2.61. The van der Waals surface area contributed by atoms with E-state index in [1.807, 2.05) is 12.1 Å². The first-order valence-electron chi connectivity index (χ1n) is 8.79. The molecule has 8 heteroatoms. The zero-order chi connectivity index (χ0) is 19.7.